The van der Waals surface area contributed by atoms with Gasteiger partial charge in [0.25, 0.3) is 0 Å². The quantitative estimate of drug-likeness (QED) is 0.516. The fourth-order valence-corrected chi connectivity index (χ4v) is 3.16. The molecule has 6 nitrogen and oxygen atoms in total. The van der Waals surface area contributed by atoms with E-state index >= 15 is 0 Å². The number of hydrogen-bond donors (Lipinski definition) is 0. The Morgan fingerprint density at radius 2 is 2.00 bits per heavy atom. The lowest BCUT2D eigenvalue weighted by Gasteiger charge is -2.02. The van der Waals surface area contributed by atoms with Crippen LogP contribution in [-0.2, 0) is 12.8 Å². The molecule has 0 aliphatic rings. The van der Waals surface area contributed by atoms with Gasteiger partial charge in [-0.2, -0.15) is 14.9 Å². The van der Waals surface area contributed by atoms with E-state index in [4.69, 9.17) is 11.6 Å². The summed E-state index contributed by atoms with van der Waals surface area (Å²) in [5.74, 6) is 0.774. The van der Waals surface area contributed by atoms with E-state index in [1.165, 1.54) is 5.56 Å². The highest BCUT2D eigenvalue weighted by atomic mass is 35.5. The van der Waals surface area contributed by atoms with Gasteiger partial charge in [0.05, 0.1) is 11.9 Å². The largest absolute Gasteiger partial charge is 0.272 e. The van der Waals surface area contributed by atoms with Crippen molar-refractivity contribution in [2.24, 2.45) is 12.1 Å². The van der Waals surface area contributed by atoms with E-state index in [9.17, 15) is 0 Å². The highest BCUT2D eigenvalue weighted by molar-refractivity contribution is 7.98. The molecule has 3 aromatic rings. The van der Waals surface area contributed by atoms with Crippen LogP contribution in [0.1, 0.15) is 22.5 Å². The SMILES string of the molecule is Cc1nn(C)c(C)c1/C=N\n1cnnc1SCc1ccc(Cl)cc1. The number of aromatic nitrogens is 5. The predicted molar refractivity (Wildman–Crippen MR) is 96.7 cm³/mol. The molecule has 8 heteroatoms. The minimum Gasteiger partial charge on any atom is -0.272 e. The second kappa shape index (κ2) is 7.19. The van der Waals surface area contributed by atoms with Gasteiger partial charge in [0.15, 0.2) is 0 Å². The number of hydrogen-bond acceptors (Lipinski definition) is 5. The third-order valence-electron chi connectivity index (χ3n) is 3.66. The highest BCUT2D eigenvalue weighted by Crippen LogP contribution is 2.21. The van der Waals surface area contributed by atoms with Crippen LogP contribution in [-0.4, -0.2) is 30.9 Å². The first kappa shape index (κ1) is 16.7. The lowest BCUT2D eigenvalue weighted by atomic mass is 10.2. The minimum atomic E-state index is 0.735. The topological polar surface area (TPSA) is 60.9 Å². The molecule has 0 spiro atoms. The average molecular weight is 361 g/mol. The molecule has 0 aliphatic heterocycles. The monoisotopic (exact) mass is 360 g/mol. The van der Waals surface area contributed by atoms with E-state index in [1.807, 2.05) is 49.8 Å². The van der Waals surface area contributed by atoms with E-state index in [1.54, 1.807) is 29.0 Å². The molecule has 1 aromatic carbocycles. The molecule has 0 saturated carbocycles. The first-order valence-corrected chi connectivity index (χ1v) is 8.73. The van der Waals surface area contributed by atoms with Crippen molar-refractivity contribution in [1.82, 2.24) is 24.7 Å². The van der Waals surface area contributed by atoms with Gasteiger partial charge < -0.3 is 0 Å². The summed E-state index contributed by atoms with van der Waals surface area (Å²) in [5.41, 5.74) is 4.20. The van der Waals surface area contributed by atoms with Crippen LogP contribution in [0.5, 0.6) is 0 Å². The van der Waals surface area contributed by atoms with Crippen molar-refractivity contribution in [3.63, 3.8) is 0 Å². The molecule has 0 saturated heterocycles. The van der Waals surface area contributed by atoms with E-state index in [-0.39, 0.29) is 0 Å². The molecule has 0 amide bonds. The van der Waals surface area contributed by atoms with E-state index in [2.05, 4.69) is 20.4 Å². The number of nitrogens with zero attached hydrogens (tertiary/aromatic N) is 6. The molecule has 0 unspecified atom stereocenters. The van der Waals surface area contributed by atoms with Gasteiger partial charge in [-0.25, -0.2) is 0 Å². The Balaban J connectivity index is 1.73. The van der Waals surface area contributed by atoms with Crippen molar-refractivity contribution in [3.05, 3.63) is 58.1 Å². The normalized spacial score (nSPS) is 11.5. The highest BCUT2D eigenvalue weighted by Gasteiger charge is 2.08. The Hall–Kier alpha value is -2.12. The van der Waals surface area contributed by atoms with Gasteiger partial charge in [-0.1, -0.05) is 35.5 Å². The maximum Gasteiger partial charge on any atom is 0.212 e. The Morgan fingerprint density at radius 3 is 2.67 bits per heavy atom. The maximum atomic E-state index is 5.90. The van der Waals surface area contributed by atoms with Crippen LogP contribution in [0.3, 0.4) is 0 Å². The summed E-state index contributed by atoms with van der Waals surface area (Å²) in [7, 11) is 1.92. The average Bonchev–Trinajstić information content (AvgIpc) is 3.10. The molecule has 0 aliphatic carbocycles. The van der Waals surface area contributed by atoms with Crippen LogP contribution in [0.15, 0.2) is 40.9 Å². The van der Waals surface area contributed by atoms with Crippen LogP contribution in [0.4, 0.5) is 0 Å². The molecule has 124 valence electrons. The van der Waals surface area contributed by atoms with Crippen LogP contribution in [0.25, 0.3) is 0 Å². The fraction of sp³-hybridized carbons (Fsp3) is 0.250. The molecule has 0 radical (unpaired) electrons. The third-order valence-corrected chi connectivity index (χ3v) is 4.91. The zero-order valence-electron chi connectivity index (χ0n) is 13.6. The van der Waals surface area contributed by atoms with Gasteiger partial charge in [0.2, 0.25) is 5.16 Å². The van der Waals surface area contributed by atoms with Crippen molar-refractivity contribution in [3.8, 4) is 0 Å². The second-order valence-corrected chi connectivity index (χ2v) is 6.70. The molecule has 2 aromatic heterocycles. The third kappa shape index (κ3) is 3.68. The Bertz CT molecular complexity index is 865. The Morgan fingerprint density at radius 1 is 1.25 bits per heavy atom. The zero-order chi connectivity index (χ0) is 17.1. The molecule has 3 rings (SSSR count). The molecular weight excluding hydrogens is 344 g/mol. The molecule has 0 N–H and O–H groups in total. The molecular formula is C16H17ClN6S. The fourth-order valence-electron chi connectivity index (χ4n) is 2.22. The van der Waals surface area contributed by atoms with Crippen molar-refractivity contribution < 1.29 is 0 Å². The van der Waals surface area contributed by atoms with Crippen molar-refractivity contribution in [2.75, 3.05) is 0 Å². The Labute approximate surface area is 149 Å². The van der Waals surface area contributed by atoms with Crippen LogP contribution in [0, 0.1) is 13.8 Å². The summed E-state index contributed by atoms with van der Waals surface area (Å²) in [6.45, 7) is 3.99. The van der Waals surface area contributed by atoms with Gasteiger partial charge in [0.1, 0.15) is 6.33 Å². The maximum absolute atomic E-state index is 5.90. The smallest absolute Gasteiger partial charge is 0.212 e. The van der Waals surface area contributed by atoms with Crippen LogP contribution < -0.4 is 0 Å². The van der Waals surface area contributed by atoms with Crippen molar-refractivity contribution in [2.45, 2.75) is 24.8 Å². The summed E-state index contributed by atoms with van der Waals surface area (Å²) in [6.07, 6.45) is 3.40. The molecule has 0 atom stereocenters. The lowest BCUT2D eigenvalue weighted by Crippen LogP contribution is -1.96. The summed E-state index contributed by atoms with van der Waals surface area (Å²) < 4.78 is 3.52. The predicted octanol–water partition coefficient (Wildman–Crippen LogP) is 3.46. The van der Waals surface area contributed by atoms with Crippen molar-refractivity contribution >= 4 is 29.6 Å². The van der Waals surface area contributed by atoms with Gasteiger partial charge in [-0.3, -0.25) is 4.68 Å². The van der Waals surface area contributed by atoms with E-state index < -0.39 is 0 Å². The molecule has 0 fully saturated rings. The summed E-state index contributed by atoms with van der Waals surface area (Å²) in [4.78, 5) is 0. The number of thioether (sulfide) groups is 1. The standard InChI is InChI=1S/C16H17ClN6S/c1-11-15(12(2)22(3)21-11)8-19-23-10-18-20-16(23)24-9-13-4-6-14(17)7-5-13/h4-8,10H,9H2,1-3H3/b19-8-. The van der Waals surface area contributed by atoms with Gasteiger partial charge in [-0.15, -0.1) is 10.2 Å². The van der Waals surface area contributed by atoms with Gasteiger partial charge in [0, 0.05) is 29.1 Å². The first-order valence-electron chi connectivity index (χ1n) is 7.36. The summed E-state index contributed by atoms with van der Waals surface area (Å²) >= 11 is 7.48. The molecule has 0 bridgehead atoms. The minimum absolute atomic E-state index is 0.735. The second-order valence-electron chi connectivity index (χ2n) is 5.33. The van der Waals surface area contributed by atoms with Crippen molar-refractivity contribution in [1.29, 1.82) is 0 Å². The summed E-state index contributed by atoms with van der Waals surface area (Å²) in [5, 5.41) is 18.4. The number of halogens is 1. The van der Waals surface area contributed by atoms with Crippen LogP contribution >= 0.6 is 23.4 Å². The number of aryl methyl sites for hydroxylation is 2. The van der Waals surface area contributed by atoms with E-state index in [0.29, 0.717) is 0 Å². The molecule has 2 heterocycles. The number of rotatable bonds is 5. The van der Waals surface area contributed by atoms with Crippen LogP contribution in [0.2, 0.25) is 5.02 Å². The van der Waals surface area contributed by atoms with Gasteiger partial charge >= 0.3 is 0 Å². The number of benzene rings is 1. The Kier molecular flexibility index (Phi) is 5.01. The van der Waals surface area contributed by atoms with E-state index in [0.717, 1.165) is 32.9 Å². The lowest BCUT2D eigenvalue weighted by molar-refractivity contribution is 0.731. The van der Waals surface area contributed by atoms with Gasteiger partial charge in [-0.05, 0) is 31.5 Å². The molecule has 24 heavy (non-hydrogen) atoms. The summed E-state index contributed by atoms with van der Waals surface area (Å²) in [6, 6.07) is 7.77. The first-order chi connectivity index (χ1) is 11.5. The zero-order valence-corrected chi connectivity index (χ0v) is 15.2.